The minimum absolute atomic E-state index is 0.00979. The zero-order valence-electron chi connectivity index (χ0n) is 15.8. The molecule has 0 aliphatic carbocycles. The highest BCUT2D eigenvalue weighted by molar-refractivity contribution is 6.30. The Bertz CT molecular complexity index is 1060. The number of aryl methyl sites for hydroxylation is 1. The number of carbonyl (C=O) groups excluding carboxylic acids is 1. The van der Waals surface area contributed by atoms with Crippen LogP contribution in [0.1, 0.15) is 24.1 Å². The van der Waals surface area contributed by atoms with Crippen LogP contribution in [0.15, 0.2) is 45.4 Å². The van der Waals surface area contributed by atoms with Crippen molar-refractivity contribution in [2.24, 2.45) is 5.92 Å². The van der Waals surface area contributed by atoms with Gasteiger partial charge in [0.15, 0.2) is 5.76 Å². The minimum atomic E-state index is -0.112. The third-order valence-corrected chi connectivity index (χ3v) is 5.28. The van der Waals surface area contributed by atoms with E-state index in [2.05, 4.69) is 16.4 Å². The molecule has 3 heterocycles. The number of aromatic nitrogens is 1. The monoisotopic (exact) mass is 410 g/mol. The van der Waals surface area contributed by atoms with Crippen LogP contribution in [-0.4, -0.2) is 24.0 Å². The van der Waals surface area contributed by atoms with Crippen molar-refractivity contribution >= 4 is 29.1 Å². The summed E-state index contributed by atoms with van der Waals surface area (Å²) in [5.41, 5.74) is 1.91. The van der Waals surface area contributed by atoms with Crippen molar-refractivity contribution in [3.8, 4) is 17.7 Å². The fraction of sp³-hybridized carbons (Fsp3) is 0.286. The number of anilines is 2. The molecular weight excluding hydrogens is 392 g/mol. The zero-order valence-corrected chi connectivity index (χ0v) is 16.6. The van der Waals surface area contributed by atoms with Gasteiger partial charge < -0.3 is 19.1 Å². The van der Waals surface area contributed by atoms with Crippen LogP contribution in [0.2, 0.25) is 5.02 Å². The molecule has 1 N–H and O–H groups in total. The summed E-state index contributed by atoms with van der Waals surface area (Å²) in [6.45, 7) is 3.10. The van der Waals surface area contributed by atoms with E-state index in [-0.39, 0.29) is 23.4 Å². The number of furan rings is 1. The summed E-state index contributed by atoms with van der Waals surface area (Å²) >= 11 is 5.97. The molecule has 1 aromatic carbocycles. The van der Waals surface area contributed by atoms with E-state index >= 15 is 0 Å². The summed E-state index contributed by atoms with van der Waals surface area (Å²) in [4.78, 5) is 18.8. The van der Waals surface area contributed by atoms with Gasteiger partial charge in [-0.3, -0.25) is 4.79 Å². The second-order valence-electron chi connectivity index (χ2n) is 6.97. The first-order valence-corrected chi connectivity index (χ1v) is 9.69. The van der Waals surface area contributed by atoms with E-state index in [0.29, 0.717) is 42.6 Å². The van der Waals surface area contributed by atoms with Gasteiger partial charge in [0.05, 0.1) is 6.26 Å². The fourth-order valence-electron chi connectivity index (χ4n) is 3.45. The number of hydrogen-bond acceptors (Lipinski definition) is 6. The van der Waals surface area contributed by atoms with Gasteiger partial charge in [0.1, 0.15) is 6.07 Å². The molecule has 148 valence electrons. The van der Waals surface area contributed by atoms with Crippen LogP contribution >= 0.6 is 11.6 Å². The first-order chi connectivity index (χ1) is 14.0. The Hall–Kier alpha value is -3.24. The number of halogens is 1. The third-order valence-electron chi connectivity index (χ3n) is 5.05. The van der Waals surface area contributed by atoms with Crippen LogP contribution in [0.25, 0.3) is 11.7 Å². The number of nitrogens with zero attached hydrogens (tertiary/aromatic N) is 3. The number of nitrogens with one attached hydrogen (secondary N) is 1. The van der Waals surface area contributed by atoms with E-state index < -0.39 is 0 Å². The Balaban J connectivity index is 1.42. The summed E-state index contributed by atoms with van der Waals surface area (Å²) < 4.78 is 11.1. The highest BCUT2D eigenvalue weighted by Crippen LogP contribution is 2.31. The van der Waals surface area contributed by atoms with Gasteiger partial charge in [-0.1, -0.05) is 11.6 Å². The molecule has 2 aromatic heterocycles. The molecule has 1 aliphatic heterocycles. The van der Waals surface area contributed by atoms with Crippen molar-refractivity contribution in [2.75, 3.05) is 23.3 Å². The van der Waals surface area contributed by atoms with Crippen molar-refractivity contribution in [1.82, 2.24) is 4.98 Å². The minimum Gasteiger partial charge on any atom is -0.459 e. The maximum absolute atomic E-state index is 12.7. The maximum atomic E-state index is 12.7. The van der Waals surface area contributed by atoms with Crippen molar-refractivity contribution in [3.63, 3.8) is 0 Å². The van der Waals surface area contributed by atoms with Gasteiger partial charge in [-0.25, -0.2) is 0 Å². The van der Waals surface area contributed by atoms with Crippen molar-refractivity contribution < 1.29 is 13.6 Å². The average Bonchev–Trinajstić information content (AvgIpc) is 3.39. The van der Waals surface area contributed by atoms with Crippen LogP contribution in [0.3, 0.4) is 0 Å². The second kappa shape index (κ2) is 8.02. The molecule has 0 radical (unpaired) electrons. The van der Waals surface area contributed by atoms with E-state index in [1.807, 2.05) is 24.0 Å². The lowest BCUT2D eigenvalue weighted by Gasteiger charge is -2.31. The van der Waals surface area contributed by atoms with Crippen molar-refractivity contribution in [2.45, 2.75) is 19.8 Å². The molecule has 8 heteroatoms. The molecule has 1 aliphatic rings. The van der Waals surface area contributed by atoms with Crippen LogP contribution in [-0.2, 0) is 4.79 Å². The highest BCUT2D eigenvalue weighted by Gasteiger charge is 2.29. The molecule has 29 heavy (non-hydrogen) atoms. The Kier molecular flexibility index (Phi) is 5.28. The van der Waals surface area contributed by atoms with Gasteiger partial charge in [-0.05, 0) is 55.7 Å². The summed E-state index contributed by atoms with van der Waals surface area (Å²) in [6, 6.07) is 10.9. The fourth-order valence-corrected chi connectivity index (χ4v) is 3.68. The largest absolute Gasteiger partial charge is 0.459 e. The predicted octanol–water partition coefficient (Wildman–Crippen LogP) is 4.62. The SMILES string of the molecule is Cc1cc(Cl)ccc1NC(=O)C1CCN(c2oc(-c3ccco3)nc2C#N)CC1. The van der Waals surface area contributed by atoms with E-state index in [0.717, 1.165) is 11.3 Å². The Labute approximate surface area is 172 Å². The number of piperidine rings is 1. The lowest BCUT2D eigenvalue weighted by molar-refractivity contribution is -0.120. The van der Waals surface area contributed by atoms with Gasteiger partial charge in [-0.15, -0.1) is 0 Å². The number of amides is 1. The summed E-state index contributed by atoms with van der Waals surface area (Å²) in [5.74, 6) is 1.05. The number of carbonyl (C=O) groups is 1. The van der Waals surface area contributed by atoms with Crippen LogP contribution in [0.4, 0.5) is 11.6 Å². The van der Waals surface area contributed by atoms with Gasteiger partial charge in [0.2, 0.25) is 17.5 Å². The number of rotatable bonds is 4. The van der Waals surface area contributed by atoms with Gasteiger partial charge in [-0.2, -0.15) is 10.2 Å². The van der Waals surface area contributed by atoms with E-state index in [9.17, 15) is 10.1 Å². The first-order valence-electron chi connectivity index (χ1n) is 9.32. The topological polar surface area (TPSA) is 95.3 Å². The van der Waals surface area contributed by atoms with Gasteiger partial charge in [0.25, 0.3) is 5.89 Å². The molecule has 0 unspecified atom stereocenters. The Morgan fingerprint density at radius 2 is 2.14 bits per heavy atom. The van der Waals surface area contributed by atoms with Gasteiger partial charge in [0, 0.05) is 29.7 Å². The number of oxazole rings is 1. The number of hydrogen-bond donors (Lipinski definition) is 1. The van der Waals surface area contributed by atoms with E-state index in [1.54, 1.807) is 18.2 Å². The lowest BCUT2D eigenvalue weighted by atomic mass is 9.95. The summed E-state index contributed by atoms with van der Waals surface area (Å²) in [5, 5.41) is 13.0. The van der Waals surface area contributed by atoms with Crippen LogP contribution < -0.4 is 10.2 Å². The molecule has 7 nitrogen and oxygen atoms in total. The van der Waals surface area contributed by atoms with Crippen LogP contribution in [0.5, 0.6) is 0 Å². The molecule has 0 bridgehead atoms. The third kappa shape index (κ3) is 3.98. The smallest absolute Gasteiger partial charge is 0.266 e. The predicted molar refractivity (Wildman–Crippen MR) is 109 cm³/mol. The first kappa shape index (κ1) is 19.1. The molecule has 1 fully saturated rings. The molecule has 4 rings (SSSR count). The molecule has 0 spiro atoms. The van der Waals surface area contributed by atoms with Crippen molar-refractivity contribution in [3.05, 3.63) is 52.9 Å². The summed E-state index contributed by atoms with van der Waals surface area (Å²) in [7, 11) is 0. The Morgan fingerprint density at radius 3 is 2.79 bits per heavy atom. The standard InChI is InChI=1S/C21H19ClN4O3/c1-13-11-15(22)4-5-16(13)24-19(27)14-6-8-26(9-7-14)21-17(12-23)25-20(29-21)18-3-2-10-28-18/h2-5,10-11,14H,6-9H2,1H3,(H,24,27). The maximum Gasteiger partial charge on any atom is 0.266 e. The van der Waals surface area contributed by atoms with Crippen LogP contribution in [0, 0.1) is 24.2 Å². The normalized spacial score (nSPS) is 14.6. The quantitative estimate of drug-likeness (QED) is 0.674. The molecule has 0 atom stereocenters. The molecule has 1 amide bonds. The average molecular weight is 411 g/mol. The lowest BCUT2D eigenvalue weighted by Crippen LogP contribution is -2.38. The van der Waals surface area contributed by atoms with Gasteiger partial charge >= 0.3 is 0 Å². The molecule has 0 saturated carbocycles. The molecular formula is C21H19ClN4O3. The number of nitriles is 1. The molecule has 1 saturated heterocycles. The summed E-state index contributed by atoms with van der Waals surface area (Å²) in [6.07, 6.45) is 2.83. The second-order valence-corrected chi connectivity index (χ2v) is 7.41. The van der Waals surface area contributed by atoms with Crippen molar-refractivity contribution in [1.29, 1.82) is 5.26 Å². The molecule has 3 aromatic rings. The Morgan fingerprint density at radius 1 is 1.34 bits per heavy atom. The highest BCUT2D eigenvalue weighted by atomic mass is 35.5. The van der Waals surface area contributed by atoms with E-state index in [1.165, 1.54) is 6.26 Å². The van der Waals surface area contributed by atoms with E-state index in [4.69, 9.17) is 20.4 Å². The number of benzene rings is 1. The zero-order chi connectivity index (χ0) is 20.4.